The number of ether oxygens (including phenoxy) is 1. The first-order chi connectivity index (χ1) is 8.09. The first-order valence-corrected chi connectivity index (χ1v) is 8.67. The van der Waals surface area contributed by atoms with Gasteiger partial charge in [-0.15, -0.1) is 0 Å². The average molecular weight is 356 g/mol. The third-order valence-electron chi connectivity index (χ3n) is 2.32. The van der Waals surface area contributed by atoms with Gasteiger partial charge >= 0.3 is 0 Å². The molecule has 0 unspecified atom stereocenters. The van der Waals surface area contributed by atoms with Gasteiger partial charge in [0.25, 0.3) is 0 Å². The van der Waals surface area contributed by atoms with E-state index in [1.54, 1.807) is 13.8 Å². The highest BCUT2D eigenvalue weighted by molar-refractivity contribution is 9.10. The van der Waals surface area contributed by atoms with Crippen molar-refractivity contribution in [1.82, 2.24) is 0 Å². The summed E-state index contributed by atoms with van der Waals surface area (Å²) in [4.78, 5) is 0. The van der Waals surface area contributed by atoms with Crippen molar-refractivity contribution < 1.29 is 13.2 Å². The Morgan fingerprint density at radius 3 is 2.50 bits per heavy atom. The zero-order valence-corrected chi connectivity index (χ0v) is 13.7. The molecule has 0 aliphatic heterocycles. The molecule has 0 fully saturated rings. The van der Waals surface area contributed by atoms with Crippen LogP contribution in [0.2, 0.25) is 0 Å². The van der Waals surface area contributed by atoms with Crippen LogP contribution in [0.1, 0.15) is 19.4 Å². The second kappa shape index (κ2) is 5.80. The Morgan fingerprint density at radius 1 is 1.39 bits per heavy atom. The predicted octanol–water partition coefficient (Wildman–Crippen LogP) is 3.73. The molecule has 0 spiro atoms. The van der Waals surface area contributed by atoms with Gasteiger partial charge < -0.3 is 4.74 Å². The Kier molecular flexibility index (Phi) is 5.09. The summed E-state index contributed by atoms with van der Waals surface area (Å²) in [6.45, 7) is 5.86. The van der Waals surface area contributed by atoms with Crippen LogP contribution in [0, 0.1) is 12.3 Å². The summed E-state index contributed by atoms with van der Waals surface area (Å²) in [5, 5.41) is 0. The van der Waals surface area contributed by atoms with Gasteiger partial charge in [0.2, 0.25) is 9.05 Å². The van der Waals surface area contributed by atoms with Crippen molar-refractivity contribution in [2.24, 2.45) is 5.41 Å². The van der Waals surface area contributed by atoms with Crippen LogP contribution in [-0.4, -0.2) is 20.8 Å². The quantitative estimate of drug-likeness (QED) is 0.756. The summed E-state index contributed by atoms with van der Waals surface area (Å²) in [5.74, 6) is 0.604. The van der Waals surface area contributed by atoms with E-state index in [9.17, 15) is 8.42 Å². The Balaban J connectivity index is 2.67. The van der Waals surface area contributed by atoms with Crippen LogP contribution in [-0.2, 0) is 9.05 Å². The maximum absolute atomic E-state index is 11.1. The molecule has 1 rings (SSSR count). The van der Waals surface area contributed by atoms with Gasteiger partial charge in [0.05, 0.1) is 12.4 Å². The second-order valence-corrected chi connectivity index (χ2v) is 8.68. The third kappa shape index (κ3) is 5.59. The van der Waals surface area contributed by atoms with Gasteiger partial charge in [0.1, 0.15) is 5.75 Å². The van der Waals surface area contributed by atoms with E-state index in [2.05, 4.69) is 15.9 Å². The van der Waals surface area contributed by atoms with Crippen LogP contribution in [0.15, 0.2) is 22.7 Å². The van der Waals surface area contributed by atoms with E-state index in [0.29, 0.717) is 6.61 Å². The van der Waals surface area contributed by atoms with Gasteiger partial charge in [-0.25, -0.2) is 8.42 Å². The minimum atomic E-state index is -3.52. The fourth-order valence-electron chi connectivity index (χ4n) is 1.49. The van der Waals surface area contributed by atoms with E-state index in [-0.39, 0.29) is 5.75 Å². The highest BCUT2D eigenvalue weighted by Crippen LogP contribution is 2.25. The third-order valence-corrected chi connectivity index (χ3v) is 4.67. The lowest BCUT2D eigenvalue weighted by molar-refractivity contribution is 0.200. The van der Waals surface area contributed by atoms with Crippen LogP contribution in [0.4, 0.5) is 0 Å². The number of hydrogen-bond donors (Lipinski definition) is 0. The van der Waals surface area contributed by atoms with Gasteiger partial charge in [-0.3, -0.25) is 0 Å². The fourth-order valence-corrected chi connectivity index (χ4v) is 3.64. The van der Waals surface area contributed by atoms with Crippen molar-refractivity contribution in [3.63, 3.8) is 0 Å². The Morgan fingerprint density at radius 2 is 2.00 bits per heavy atom. The zero-order chi connectivity index (χ0) is 14.0. The van der Waals surface area contributed by atoms with Crippen molar-refractivity contribution in [3.05, 3.63) is 28.2 Å². The van der Waals surface area contributed by atoms with Gasteiger partial charge in [-0.05, 0) is 30.7 Å². The molecule has 102 valence electrons. The minimum Gasteiger partial charge on any atom is -0.493 e. The van der Waals surface area contributed by atoms with Crippen LogP contribution in [0.25, 0.3) is 0 Å². The van der Waals surface area contributed by atoms with Gasteiger partial charge in [-0.1, -0.05) is 29.8 Å². The van der Waals surface area contributed by atoms with Gasteiger partial charge in [0.15, 0.2) is 0 Å². The molecule has 0 heterocycles. The molecule has 0 aliphatic carbocycles. The zero-order valence-electron chi connectivity index (χ0n) is 10.5. The predicted molar refractivity (Wildman–Crippen MR) is 77.8 cm³/mol. The lowest BCUT2D eigenvalue weighted by Gasteiger charge is -2.23. The van der Waals surface area contributed by atoms with E-state index < -0.39 is 14.5 Å². The van der Waals surface area contributed by atoms with E-state index in [0.717, 1.165) is 15.8 Å². The van der Waals surface area contributed by atoms with Gasteiger partial charge in [-0.2, -0.15) is 0 Å². The highest BCUT2D eigenvalue weighted by atomic mass is 79.9. The molecule has 1 aromatic rings. The molecular weight excluding hydrogens is 340 g/mol. The molecule has 1 aromatic carbocycles. The van der Waals surface area contributed by atoms with Crippen LogP contribution in [0.3, 0.4) is 0 Å². The van der Waals surface area contributed by atoms with Crippen molar-refractivity contribution >= 4 is 35.7 Å². The molecule has 3 nitrogen and oxygen atoms in total. The molecule has 0 saturated heterocycles. The Hall–Kier alpha value is -0.260. The molecule has 0 N–H and O–H groups in total. The molecular formula is C12H16BrClO3S. The monoisotopic (exact) mass is 354 g/mol. The number of benzene rings is 1. The lowest BCUT2D eigenvalue weighted by atomic mass is 9.98. The normalized spacial score (nSPS) is 12.5. The molecule has 18 heavy (non-hydrogen) atoms. The number of rotatable bonds is 5. The maximum atomic E-state index is 11.1. The molecule has 0 saturated carbocycles. The summed E-state index contributed by atoms with van der Waals surface area (Å²) in [7, 11) is 1.74. The average Bonchev–Trinajstić information content (AvgIpc) is 2.16. The van der Waals surface area contributed by atoms with Gasteiger partial charge in [0, 0.05) is 20.6 Å². The summed E-state index contributed by atoms with van der Waals surface area (Å²) in [6, 6.07) is 5.63. The van der Waals surface area contributed by atoms with E-state index in [1.165, 1.54) is 0 Å². The highest BCUT2D eigenvalue weighted by Gasteiger charge is 2.25. The summed E-state index contributed by atoms with van der Waals surface area (Å²) < 4.78 is 28.7. The van der Waals surface area contributed by atoms with Crippen molar-refractivity contribution in [1.29, 1.82) is 0 Å². The number of hydrogen-bond acceptors (Lipinski definition) is 3. The van der Waals surface area contributed by atoms with Crippen molar-refractivity contribution in [3.8, 4) is 5.75 Å². The first kappa shape index (κ1) is 15.8. The largest absolute Gasteiger partial charge is 0.493 e. The lowest BCUT2D eigenvalue weighted by Crippen LogP contribution is -2.28. The standard InChI is InChI=1S/C12H16BrClO3S/c1-9-6-10(4-5-11(9)13)17-7-12(2,3)8-18(14,15)16/h4-6H,7-8H2,1-3H3. The van der Waals surface area contributed by atoms with E-state index in [1.807, 2.05) is 25.1 Å². The summed E-state index contributed by atoms with van der Waals surface area (Å²) in [6.07, 6.45) is 0. The van der Waals surface area contributed by atoms with Crippen LogP contribution >= 0.6 is 26.6 Å². The van der Waals surface area contributed by atoms with Crippen LogP contribution < -0.4 is 4.74 Å². The topological polar surface area (TPSA) is 43.4 Å². The second-order valence-electron chi connectivity index (χ2n) is 5.05. The molecule has 0 atom stereocenters. The summed E-state index contributed by atoms with van der Waals surface area (Å²) in [5.41, 5.74) is 0.539. The van der Waals surface area contributed by atoms with E-state index >= 15 is 0 Å². The SMILES string of the molecule is Cc1cc(OCC(C)(C)CS(=O)(=O)Cl)ccc1Br. The summed E-state index contributed by atoms with van der Waals surface area (Å²) >= 11 is 3.41. The molecule has 0 aromatic heterocycles. The Labute approximate surface area is 121 Å². The molecule has 0 bridgehead atoms. The van der Waals surface area contributed by atoms with E-state index in [4.69, 9.17) is 15.4 Å². The minimum absolute atomic E-state index is 0.114. The Bertz CT molecular complexity index is 526. The van der Waals surface area contributed by atoms with Crippen molar-refractivity contribution in [2.75, 3.05) is 12.4 Å². The van der Waals surface area contributed by atoms with Crippen LogP contribution in [0.5, 0.6) is 5.75 Å². The fraction of sp³-hybridized carbons (Fsp3) is 0.500. The molecule has 6 heteroatoms. The number of halogens is 2. The van der Waals surface area contributed by atoms with Crippen molar-refractivity contribution in [2.45, 2.75) is 20.8 Å². The first-order valence-electron chi connectivity index (χ1n) is 5.40. The maximum Gasteiger partial charge on any atom is 0.233 e. The molecule has 0 radical (unpaired) electrons. The smallest absolute Gasteiger partial charge is 0.233 e. The molecule has 0 amide bonds. The molecule has 0 aliphatic rings. The number of aryl methyl sites for hydroxylation is 1.